The lowest BCUT2D eigenvalue weighted by Crippen LogP contribution is -2.14. The molecule has 0 radical (unpaired) electrons. The van der Waals surface area contributed by atoms with Crippen molar-refractivity contribution in [1.82, 2.24) is 0 Å². The van der Waals surface area contributed by atoms with Gasteiger partial charge >= 0.3 is 0 Å². The van der Waals surface area contributed by atoms with Crippen molar-refractivity contribution in [3.63, 3.8) is 0 Å². The topological polar surface area (TPSA) is 72.2 Å². The van der Waals surface area contributed by atoms with E-state index in [1.54, 1.807) is 19.1 Å². The first-order valence-corrected chi connectivity index (χ1v) is 7.69. The van der Waals surface area contributed by atoms with Crippen LogP contribution < -0.4 is 5.32 Å². The minimum absolute atomic E-state index is 0.00403. The van der Waals surface area contributed by atoms with E-state index in [1.807, 2.05) is 31.2 Å². The van der Waals surface area contributed by atoms with Crippen molar-refractivity contribution in [3.05, 3.63) is 63.7 Å². The molecular formula is C16H16N2O3S. The number of carbonyl (C=O) groups excluding carboxylic acids is 1. The maximum absolute atomic E-state index is 12.0. The van der Waals surface area contributed by atoms with Crippen LogP contribution in [0.25, 0.3) is 0 Å². The molecule has 0 bridgehead atoms. The molecule has 0 aromatic heterocycles. The summed E-state index contributed by atoms with van der Waals surface area (Å²) in [5, 5.41) is 13.6. The summed E-state index contributed by atoms with van der Waals surface area (Å²) >= 11 is 1.44. The van der Waals surface area contributed by atoms with E-state index in [4.69, 9.17) is 0 Å². The lowest BCUT2D eigenvalue weighted by molar-refractivity contribution is -0.385. The number of nitrogens with one attached hydrogen (secondary N) is 1. The molecule has 22 heavy (non-hydrogen) atoms. The Hall–Kier alpha value is -2.34. The molecular weight excluding hydrogens is 300 g/mol. The van der Waals surface area contributed by atoms with Crippen LogP contribution in [0.1, 0.15) is 11.1 Å². The minimum atomic E-state index is -0.451. The summed E-state index contributed by atoms with van der Waals surface area (Å²) in [7, 11) is 0. The Bertz CT molecular complexity index is 716. The number of nitrogens with zero attached hydrogens (tertiary/aromatic N) is 1. The Morgan fingerprint density at radius 3 is 2.59 bits per heavy atom. The van der Waals surface area contributed by atoms with Gasteiger partial charge in [-0.3, -0.25) is 14.9 Å². The van der Waals surface area contributed by atoms with E-state index in [-0.39, 0.29) is 17.3 Å². The van der Waals surface area contributed by atoms with E-state index in [0.717, 1.165) is 10.5 Å². The largest absolute Gasteiger partial charge is 0.325 e. The number of carbonyl (C=O) groups is 1. The third-order valence-electron chi connectivity index (χ3n) is 3.14. The number of nitro benzene ring substituents is 1. The van der Waals surface area contributed by atoms with Crippen LogP contribution in [0.2, 0.25) is 0 Å². The molecule has 114 valence electrons. The summed E-state index contributed by atoms with van der Waals surface area (Å²) in [6, 6.07) is 12.5. The van der Waals surface area contributed by atoms with Crippen molar-refractivity contribution in [2.24, 2.45) is 0 Å². The molecule has 0 aliphatic rings. The summed E-state index contributed by atoms with van der Waals surface area (Å²) in [5.74, 6) is 0.0680. The van der Waals surface area contributed by atoms with Crippen LogP contribution in [0.15, 0.2) is 47.4 Å². The van der Waals surface area contributed by atoms with Gasteiger partial charge in [-0.1, -0.05) is 24.3 Å². The molecule has 1 amide bonds. The molecule has 0 fully saturated rings. The predicted molar refractivity (Wildman–Crippen MR) is 88.4 cm³/mol. The zero-order valence-corrected chi connectivity index (χ0v) is 13.1. The molecule has 2 aromatic carbocycles. The van der Waals surface area contributed by atoms with Crippen molar-refractivity contribution in [2.45, 2.75) is 18.7 Å². The monoisotopic (exact) mass is 316 g/mol. The van der Waals surface area contributed by atoms with Gasteiger partial charge in [0.2, 0.25) is 5.91 Å². The second kappa shape index (κ2) is 7.09. The van der Waals surface area contributed by atoms with E-state index >= 15 is 0 Å². The molecule has 0 aliphatic heterocycles. The van der Waals surface area contributed by atoms with Crippen molar-refractivity contribution in [1.29, 1.82) is 0 Å². The van der Waals surface area contributed by atoms with Crippen molar-refractivity contribution >= 4 is 29.0 Å². The van der Waals surface area contributed by atoms with Gasteiger partial charge in [0.1, 0.15) is 0 Å². The van der Waals surface area contributed by atoms with Crippen molar-refractivity contribution in [2.75, 3.05) is 11.1 Å². The minimum Gasteiger partial charge on any atom is -0.325 e. The molecule has 0 atom stereocenters. The normalized spacial score (nSPS) is 10.3. The quantitative estimate of drug-likeness (QED) is 0.515. The van der Waals surface area contributed by atoms with Gasteiger partial charge in [-0.2, -0.15) is 0 Å². The summed E-state index contributed by atoms with van der Waals surface area (Å²) in [6.07, 6.45) is 0. The molecule has 0 unspecified atom stereocenters. The SMILES string of the molecule is Cc1ccccc1SCC(=O)Nc1ccc(C)c([N+](=O)[O-])c1. The molecule has 6 heteroatoms. The number of anilines is 1. The Balaban J connectivity index is 1.99. The predicted octanol–water partition coefficient (Wildman–Crippen LogP) is 3.94. The van der Waals surface area contributed by atoms with Gasteiger partial charge in [0.25, 0.3) is 5.69 Å². The maximum Gasteiger partial charge on any atom is 0.274 e. The second-order valence-corrected chi connectivity index (χ2v) is 5.88. The Labute approximate surface area is 132 Å². The number of nitro groups is 1. The van der Waals surface area contributed by atoms with Crippen LogP contribution in [0.5, 0.6) is 0 Å². The third kappa shape index (κ3) is 4.08. The van der Waals surface area contributed by atoms with Gasteiger partial charge < -0.3 is 5.32 Å². The third-order valence-corrected chi connectivity index (χ3v) is 4.32. The lowest BCUT2D eigenvalue weighted by Gasteiger charge is -2.07. The van der Waals surface area contributed by atoms with Crippen LogP contribution >= 0.6 is 11.8 Å². The first-order chi connectivity index (χ1) is 10.5. The van der Waals surface area contributed by atoms with Crippen LogP contribution in [-0.4, -0.2) is 16.6 Å². The fraction of sp³-hybridized carbons (Fsp3) is 0.188. The molecule has 0 heterocycles. The standard InChI is InChI=1S/C16H16N2O3S/c1-11-7-8-13(9-14(11)18(20)21)17-16(19)10-22-15-6-4-3-5-12(15)2/h3-9H,10H2,1-2H3,(H,17,19). The Morgan fingerprint density at radius 2 is 1.91 bits per heavy atom. The maximum atomic E-state index is 12.0. The fourth-order valence-electron chi connectivity index (χ4n) is 1.94. The summed E-state index contributed by atoms with van der Waals surface area (Å²) in [4.78, 5) is 23.5. The molecule has 2 rings (SSSR count). The van der Waals surface area contributed by atoms with Gasteiger partial charge in [-0.15, -0.1) is 11.8 Å². The highest BCUT2D eigenvalue weighted by Gasteiger charge is 2.12. The number of hydrogen-bond donors (Lipinski definition) is 1. The number of hydrogen-bond acceptors (Lipinski definition) is 4. The van der Waals surface area contributed by atoms with Gasteiger partial charge in [0.15, 0.2) is 0 Å². The fourth-order valence-corrected chi connectivity index (χ4v) is 2.77. The van der Waals surface area contributed by atoms with E-state index in [0.29, 0.717) is 11.3 Å². The smallest absolute Gasteiger partial charge is 0.274 e. The van der Waals surface area contributed by atoms with Crippen molar-refractivity contribution < 1.29 is 9.72 Å². The van der Waals surface area contributed by atoms with Crippen LogP contribution in [0, 0.1) is 24.0 Å². The molecule has 0 spiro atoms. The number of thioether (sulfide) groups is 1. The second-order valence-electron chi connectivity index (χ2n) is 4.86. The van der Waals surface area contributed by atoms with Crippen LogP contribution in [0.3, 0.4) is 0 Å². The molecule has 0 saturated carbocycles. The zero-order chi connectivity index (χ0) is 16.1. The van der Waals surface area contributed by atoms with Crippen LogP contribution in [0.4, 0.5) is 11.4 Å². The number of benzene rings is 2. The molecule has 5 nitrogen and oxygen atoms in total. The van der Waals surface area contributed by atoms with E-state index in [1.165, 1.54) is 17.8 Å². The molecule has 2 aromatic rings. The lowest BCUT2D eigenvalue weighted by atomic mass is 10.2. The number of aryl methyl sites for hydroxylation is 2. The average molecular weight is 316 g/mol. The first-order valence-electron chi connectivity index (χ1n) is 6.70. The first kappa shape index (κ1) is 16.0. The Kier molecular flexibility index (Phi) is 5.16. The Morgan fingerprint density at radius 1 is 1.18 bits per heavy atom. The van der Waals surface area contributed by atoms with Crippen LogP contribution in [-0.2, 0) is 4.79 Å². The van der Waals surface area contributed by atoms with Gasteiger partial charge in [0, 0.05) is 22.2 Å². The van der Waals surface area contributed by atoms with Gasteiger partial charge in [-0.05, 0) is 31.5 Å². The number of rotatable bonds is 5. The summed E-state index contributed by atoms with van der Waals surface area (Å²) < 4.78 is 0. The molecule has 0 aliphatic carbocycles. The van der Waals surface area contributed by atoms with E-state index < -0.39 is 4.92 Å². The van der Waals surface area contributed by atoms with Gasteiger partial charge in [-0.25, -0.2) is 0 Å². The molecule has 1 N–H and O–H groups in total. The molecule has 0 saturated heterocycles. The highest BCUT2D eigenvalue weighted by Crippen LogP contribution is 2.24. The van der Waals surface area contributed by atoms with E-state index in [2.05, 4.69) is 5.32 Å². The van der Waals surface area contributed by atoms with E-state index in [9.17, 15) is 14.9 Å². The van der Waals surface area contributed by atoms with Crippen molar-refractivity contribution in [3.8, 4) is 0 Å². The van der Waals surface area contributed by atoms with Gasteiger partial charge in [0.05, 0.1) is 10.7 Å². The summed E-state index contributed by atoms with van der Waals surface area (Å²) in [6.45, 7) is 3.65. The highest BCUT2D eigenvalue weighted by molar-refractivity contribution is 8.00. The highest BCUT2D eigenvalue weighted by atomic mass is 32.2. The number of amides is 1. The summed E-state index contributed by atoms with van der Waals surface area (Å²) in [5.41, 5.74) is 2.13. The zero-order valence-electron chi connectivity index (χ0n) is 12.3. The average Bonchev–Trinajstić information content (AvgIpc) is 2.48.